The van der Waals surface area contributed by atoms with Gasteiger partial charge in [0, 0.05) is 22.7 Å². The van der Waals surface area contributed by atoms with E-state index in [0.717, 1.165) is 24.3 Å². The first-order valence-electron chi connectivity index (χ1n) is 7.10. The van der Waals surface area contributed by atoms with Gasteiger partial charge in [0.15, 0.2) is 0 Å². The van der Waals surface area contributed by atoms with Gasteiger partial charge < -0.3 is 10.1 Å². The molecule has 0 aliphatic heterocycles. The summed E-state index contributed by atoms with van der Waals surface area (Å²) in [6, 6.07) is 13.5. The molecule has 0 saturated heterocycles. The van der Waals surface area contributed by atoms with Gasteiger partial charge in [0.25, 0.3) is 0 Å². The number of halogens is 2. The van der Waals surface area contributed by atoms with Gasteiger partial charge in [0.2, 0.25) is 0 Å². The summed E-state index contributed by atoms with van der Waals surface area (Å²) >= 11 is 12.2. The third kappa shape index (κ3) is 4.13. The van der Waals surface area contributed by atoms with E-state index in [9.17, 15) is 0 Å². The number of benzene rings is 2. The molecule has 2 rings (SSSR count). The van der Waals surface area contributed by atoms with Crippen molar-refractivity contribution < 1.29 is 4.74 Å². The summed E-state index contributed by atoms with van der Waals surface area (Å²) in [4.78, 5) is 0. The van der Waals surface area contributed by atoms with E-state index in [4.69, 9.17) is 27.9 Å². The molecule has 0 saturated carbocycles. The average molecular weight is 324 g/mol. The lowest BCUT2D eigenvalue weighted by atomic mass is 10.0. The molecule has 1 unspecified atom stereocenters. The molecule has 21 heavy (non-hydrogen) atoms. The lowest BCUT2D eigenvalue weighted by Crippen LogP contribution is -2.20. The first-order valence-corrected chi connectivity index (χ1v) is 7.86. The van der Waals surface area contributed by atoms with Gasteiger partial charge in [-0.05, 0) is 31.2 Å². The fraction of sp³-hybridized carbons (Fsp3) is 0.294. The van der Waals surface area contributed by atoms with Crippen molar-refractivity contribution in [2.75, 3.05) is 6.54 Å². The Balaban J connectivity index is 2.33. The standard InChI is InChI=1S/C17H19Cl2NO/c1-3-15(20-4-2)13-7-5-6-8-16(13)21-17-11-12(18)9-10-14(17)19/h5-11,15,20H,3-4H2,1-2H3. The van der Waals surface area contributed by atoms with Crippen molar-refractivity contribution in [2.45, 2.75) is 26.3 Å². The fourth-order valence-electron chi connectivity index (χ4n) is 2.26. The van der Waals surface area contributed by atoms with Gasteiger partial charge in [-0.15, -0.1) is 0 Å². The minimum atomic E-state index is 0.254. The average Bonchev–Trinajstić information content (AvgIpc) is 2.49. The summed E-state index contributed by atoms with van der Waals surface area (Å²) in [6.45, 7) is 5.15. The van der Waals surface area contributed by atoms with Crippen LogP contribution in [-0.4, -0.2) is 6.54 Å². The van der Waals surface area contributed by atoms with E-state index in [2.05, 4.69) is 25.2 Å². The zero-order valence-corrected chi connectivity index (χ0v) is 13.7. The number of para-hydroxylation sites is 1. The first kappa shape index (κ1) is 16.2. The number of hydrogen-bond acceptors (Lipinski definition) is 2. The van der Waals surface area contributed by atoms with Gasteiger partial charge in [-0.25, -0.2) is 0 Å². The van der Waals surface area contributed by atoms with Crippen LogP contribution in [0.3, 0.4) is 0 Å². The zero-order chi connectivity index (χ0) is 15.2. The van der Waals surface area contributed by atoms with Gasteiger partial charge in [0.05, 0.1) is 5.02 Å². The smallest absolute Gasteiger partial charge is 0.147 e. The predicted molar refractivity (Wildman–Crippen MR) is 89.7 cm³/mol. The molecule has 112 valence electrons. The molecule has 4 heteroatoms. The van der Waals surface area contributed by atoms with Crippen LogP contribution in [0.1, 0.15) is 31.9 Å². The SMILES string of the molecule is CCNC(CC)c1ccccc1Oc1cc(Cl)ccc1Cl. The molecule has 0 aliphatic rings. The van der Waals surface area contributed by atoms with E-state index in [1.165, 1.54) is 0 Å². The Bertz CT molecular complexity index is 601. The van der Waals surface area contributed by atoms with Crippen LogP contribution in [0.5, 0.6) is 11.5 Å². The summed E-state index contributed by atoms with van der Waals surface area (Å²) in [5.74, 6) is 1.37. The van der Waals surface area contributed by atoms with Crippen molar-refractivity contribution in [1.82, 2.24) is 5.32 Å². The fourth-order valence-corrected chi connectivity index (χ4v) is 2.57. The number of ether oxygens (including phenoxy) is 1. The molecule has 0 bridgehead atoms. The van der Waals surface area contributed by atoms with Crippen molar-refractivity contribution in [3.8, 4) is 11.5 Å². The van der Waals surface area contributed by atoms with Crippen LogP contribution < -0.4 is 10.1 Å². The summed E-state index contributed by atoms with van der Waals surface area (Å²) in [5, 5.41) is 4.61. The van der Waals surface area contributed by atoms with Gasteiger partial charge in [-0.3, -0.25) is 0 Å². The molecular formula is C17H19Cl2NO. The largest absolute Gasteiger partial charge is 0.455 e. The molecule has 2 aromatic rings. The molecule has 1 atom stereocenters. The molecule has 1 N–H and O–H groups in total. The highest BCUT2D eigenvalue weighted by atomic mass is 35.5. The number of nitrogens with one attached hydrogen (secondary N) is 1. The molecule has 2 aromatic carbocycles. The molecular weight excluding hydrogens is 305 g/mol. The van der Waals surface area contributed by atoms with E-state index in [0.29, 0.717) is 15.8 Å². The Hall–Kier alpha value is -1.22. The van der Waals surface area contributed by atoms with Gasteiger partial charge in [-0.2, -0.15) is 0 Å². The van der Waals surface area contributed by atoms with Crippen LogP contribution in [0.25, 0.3) is 0 Å². The quantitative estimate of drug-likeness (QED) is 0.720. The van der Waals surface area contributed by atoms with Gasteiger partial charge >= 0.3 is 0 Å². The van der Waals surface area contributed by atoms with Crippen LogP contribution in [0, 0.1) is 0 Å². The molecule has 0 spiro atoms. The molecule has 0 fully saturated rings. The lowest BCUT2D eigenvalue weighted by Gasteiger charge is -2.20. The Morgan fingerprint density at radius 3 is 2.52 bits per heavy atom. The van der Waals surface area contributed by atoms with Crippen LogP contribution in [0.15, 0.2) is 42.5 Å². The van der Waals surface area contributed by atoms with Gasteiger partial charge in [-0.1, -0.05) is 55.2 Å². The Labute approximate surface area is 136 Å². The summed E-state index contributed by atoms with van der Waals surface area (Å²) in [7, 11) is 0. The third-order valence-corrected chi connectivity index (χ3v) is 3.81. The molecule has 2 nitrogen and oxygen atoms in total. The minimum absolute atomic E-state index is 0.254. The summed E-state index contributed by atoms with van der Waals surface area (Å²) in [5.41, 5.74) is 1.12. The number of rotatable bonds is 6. The molecule has 0 heterocycles. The molecule has 0 amide bonds. The monoisotopic (exact) mass is 323 g/mol. The van der Waals surface area contributed by atoms with Gasteiger partial charge in [0.1, 0.15) is 11.5 Å². The minimum Gasteiger partial charge on any atom is -0.455 e. The van der Waals surface area contributed by atoms with Crippen LogP contribution in [0.2, 0.25) is 10.0 Å². The highest BCUT2D eigenvalue weighted by molar-refractivity contribution is 6.34. The predicted octanol–water partition coefficient (Wildman–Crippen LogP) is 5.85. The molecule has 0 radical (unpaired) electrons. The van der Waals surface area contributed by atoms with E-state index in [1.54, 1.807) is 18.2 Å². The maximum Gasteiger partial charge on any atom is 0.147 e. The van der Waals surface area contributed by atoms with Crippen molar-refractivity contribution in [1.29, 1.82) is 0 Å². The second kappa shape index (κ2) is 7.69. The first-order chi connectivity index (χ1) is 10.2. The van der Waals surface area contributed by atoms with E-state index in [-0.39, 0.29) is 6.04 Å². The Morgan fingerprint density at radius 1 is 1.05 bits per heavy atom. The highest BCUT2D eigenvalue weighted by Crippen LogP contribution is 2.35. The Kier molecular flexibility index (Phi) is 5.92. The second-order valence-electron chi connectivity index (χ2n) is 4.73. The molecule has 0 aliphatic carbocycles. The van der Waals surface area contributed by atoms with Crippen LogP contribution in [0.4, 0.5) is 0 Å². The normalized spacial score (nSPS) is 12.2. The maximum absolute atomic E-state index is 6.17. The van der Waals surface area contributed by atoms with Crippen LogP contribution >= 0.6 is 23.2 Å². The summed E-state index contributed by atoms with van der Waals surface area (Å²) in [6.07, 6.45) is 0.984. The van der Waals surface area contributed by atoms with Crippen molar-refractivity contribution in [2.24, 2.45) is 0 Å². The maximum atomic E-state index is 6.17. The lowest BCUT2D eigenvalue weighted by molar-refractivity contribution is 0.453. The van der Waals surface area contributed by atoms with Crippen LogP contribution in [-0.2, 0) is 0 Å². The van der Waals surface area contributed by atoms with Crippen molar-refractivity contribution in [3.63, 3.8) is 0 Å². The highest BCUT2D eigenvalue weighted by Gasteiger charge is 2.14. The second-order valence-corrected chi connectivity index (χ2v) is 5.58. The van der Waals surface area contributed by atoms with E-state index >= 15 is 0 Å². The Morgan fingerprint density at radius 2 is 1.81 bits per heavy atom. The van der Waals surface area contributed by atoms with E-state index in [1.807, 2.05) is 18.2 Å². The molecule has 0 aromatic heterocycles. The third-order valence-electron chi connectivity index (χ3n) is 3.27. The number of hydrogen-bond donors (Lipinski definition) is 1. The zero-order valence-electron chi connectivity index (χ0n) is 12.2. The van der Waals surface area contributed by atoms with Crippen molar-refractivity contribution in [3.05, 3.63) is 58.1 Å². The van der Waals surface area contributed by atoms with Crippen molar-refractivity contribution >= 4 is 23.2 Å². The van der Waals surface area contributed by atoms with E-state index < -0.39 is 0 Å². The topological polar surface area (TPSA) is 21.3 Å². The summed E-state index contributed by atoms with van der Waals surface area (Å²) < 4.78 is 5.99.